The number of carbonyl (C=O) groups is 2. The molecule has 4 rings (SSSR count). The van der Waals surface area contributed by atoms with Gasteiger partial charge in [0.15, 0.2) is 0 Å². The molecule has 0 aliphatic carbocycles. The average molecular weight is 919 g/mol. The second-order valence-electron chi connectivity index (χ2n) is 15.2. The predicted molar refractivity (Wildman–Crippen MR) is 222 cm³/mol. The summed E-state index contributed by atoms with van der Waals surface area (Å²) in [6, 6.07) is 0. The smallest absolute Gasteiger partial charge is 0.410 e. The molecule has 0 spiro atoms. The number of nitrogens with zero attached hydrogens (tertiary/aromatic N) is 8. The van der Waals surface area contributed by atoms with E-state index in [1.54, 1.807) is 61.8 Å². The van der Waals surface area contributed by atoms with Gasteiger partial charge in [0.1, 0.15) is 47.7 Å². The summed E-state index contributed by atoms with van der Waals surface area (Å²) in [6.45, 7) is 18.5. The minimum absolute atomic E-state index is 0.276. The molecule has 0 radical (unpaired) electrons. The first-order valence-electron chi connectivity index (χ1n) is 18.8. The second kappa shape index (κ2) is 22.1. The molecular formula is C38H63IN8O10. The zero-order valence-electron chi connectivity index (χ0n) is 36.0. The quantitative estimate of drug-likeness (QED) is 0.153. The van der Waals surface area contributed by atoms with Gasteiger partial charge < -0.3 is 57.5 Å². The number of amides is 2. The zero-order chi connectivity index (χ0) is 42.5. The maximum Gasteiger partial charge on any atom is 0.410 e. The Morgan fingerprint density at radius 2 is 1.04 bits per heavy atom. The lowest BCUT2D eigenvalue weighted by Crippen LogP contribution is -2.50. The fraction of sp³-hybridized carbons (Fsp3) is 0.737. The first kappa shape index (κ1) is 48.0. The molecule has 2 saturated heterocycles. The molecule has 2 amide bonds. The molecule has 19 heteroatoms. The summed E-state index contributed by atoms with van der Waals surface area (Å²) < 4.78 is 47.8. The lowest BCUT2D eigenvalue weighted by Gasteiger charge is -2.37. The lowest BCUT2D eigenvalue weighted by molar-refractivity contribution is -0.109. The van der Waals surface area contributed by atoms with Crippen LogP contribution in [0, 0.1) is 15.4 Å². The number of anilines is 2. The van der Waals surface area contributed by atoms with E-state index in [1.165, 1.54) is 0 Å². The third-order valence-electron chi connectivity index (χ3n) is 8.66. The van der Waals surface area contributed by atoms with E-state index in [0.717, 1.165) is 20.8 Å². The molecular weight excluding hydrogens is 855 g/mol. The Balaban J connectivity index is 0.000000307. The van der Waals surface area contributed by atoms with Gasteiger partial charge >= 0.3 is 12.2 Å². The molecule has 2 aliphatic rings. The third kappa shape index (κ3) is 13.3. The highest BCUT2D eigenvalue weighted by Gasteiger charge is 2.33. The van der Waals surface area contributed by atoms with Crippen molar-refractivity contribution in [3.8, 4) is 11.8 Å². The van der Waals surface area contributed by atoms with Gasteiger partial charge in [0.2, 0.25) is 12.6 Å². The van der Waals surface area contributed by atoms with E-state index in [4.69, 9.17) is 43.0 Å². The van der Waals surface area contributed by atoms with Crippen LogP contribution in [-0.2, 0) is 57.8 Å². The number of rotatable bonds is 13. The number of halogens is 1. The zero-order valence-corrected chi connectivity index (χ0v) is 38.1. The van der Waals surface area contributed by atoms with Crippen LogP contribution in [-0.4, -0.2) is 148 Å². The Bertz CT molecular complexity index is 1640. The van der Waals surface area contributed by atoms with Crippen molar-refractivity contribution >= 4 is 46.4 Å². The van der Waals surface area contributed by atoms with Crippen molar-refractivity contribution in [3.63, 3.8) is 0 Å². The molecule has 2 aromatic rings. The number of hydrogen-bond acceptors (Lipinski definition) is 14. The molecule has 322 valence electrons. The predicted octanol–water partition coefficient (Wildman–Crippen LogP) is 4.84. The highest BCUT2D eigenvalue weighted by Crippen LogP contribution is 2.33. The molecule has 0 aromatic carbocycles. The van der Waals surface area contributed by atoms with Gasteiger partial charge in [0.25, 0.3) is 0 Å². The molecule has 4 heterocycles. The van der Waals surface area contributed by atoms with Crippen LogP contribution < -0.4 is 9.80 Å². The van der Waals surface area contributed by atoms with Gasteiger partial charge in [0.05, 0.1) is 3.57 Å². The van der Waals surface area contributed by atoms with Gasteiger partial charge in [-0.1, -0.05) is 5.92 Å². The number of piperazine rings is 2. The number of methoxy groups -OCH3 is 6. The van der Waals surface area contributed by atoms with Crippen molar-refractivity contribution in [2.75, 3.05) is 105 Å². The van der Waals surface area contributed by atoms with Crippen molar-refractivity contribution in [1.29, 1.82) is 0 Å². The van der Waals surface area contributed by atoms with Crippen LogP contribution in [0.15, 0.2) is 0 Å². The van der Waals surface area contributed by atoms with Crippen molar-refractivity contribution in [2.45, 2.75) is 92.1 Å². The maximum atomic E-state index is 12.4. The van der Waals surface area contributed by atoms with Crippen LogP contribution in [0.25, 0.3) is 0 Å². The van der Waals surface area contributed by atoms with Crippen molar-refractivity contribution in [1.82, 2.24) is 29.4 Å². The van der Waals surface area contributed by atoms with E-state index in [1.807, 2.05) is 48.5 Å². The number of ether oxygens (including phenoxy) is 8. The molecule has 57 heavy (non-hydrogen) atoms. The van der Waals surface area contributed by atoms with E-state index in [-0.39, 0.29) is 18.9 Å². The molecule has 0 saturated carbocycles. The molecule has 0 atom stereocenters. The molecule has 0 N–H and O–H groups in total. The summed E-state index contributed by atoms with van der Waals surface area (Å²) in [6.07, 6.45) is -1.19. The number of carbonyl (C=O) groups excluding carboxylic acids is 2. The van der Waals surface area contributed by atoms with Crippen molar-refractivity contribution in [2.24, 2.45) is 0 Å². The van der Waals surface area contributed by atoms with E-state index in [2.05, 4.69) is 49.3 Å². The Morgan fingerprint density at radius 3 is 1.42 bits per heavy atom. The fourth-order valence-corrected chi connectivity index (χ4v) is 7.20. The van der Waals surface area contributed by atoms with Gasteiger partial charge in [-0.15, -0.1) is 5.92 Å². The van der Waals surface area contributed by atoms with E-state index in [9.17, 15) is 9.59 Å². The molecule has 2 fully saturated rings. The molecule has 0 unspecified atom stereocenters. The first-order valence-corrected chi connectivity index (χ1v) is 19.8. The van der Waals surface area contributed by atoms with E-state index >= 15 is 0 Å². The van der Waals surface area contributed by atoms with Gasteiger partial charge in [-0.2, -0.15) is 10.2 Å². The lowest BCUT2D eigenvalue weighted by atomic mass is 10.1. The van der Waals surface area contributed by atoms with Gasteiger partial charge in [-0.05, 0) is 71.1 Å². The minimum atomic E-state index is -0.599. The van der Waals surface area contributed by atoms with Crippen molar-refractivity contribution in [3.05, 3.63) is 20.5 Å². The van der Waals surface area contributed by atoms with Crippen LogP contribution in [0.4, 0.5) is 21.2 Å². The van der Waals surface area contributed by atoms with Crippen LogP contribution >= 0.6 is 22.6 Å². The summed E-state index contributed by atoms with van der Waals surface area (Å²) >= 11 is 2.26. The first-order chi connectivity index (χ1) is 27.0. The number of aromatic nitrogens is 4. The topological polar surface area (TPSA) is 157 Å². The van der Waals surface area contributed by atoms with Gasteiger partial charge in [-0.25, -0.2) is 19.0 Å². The minimum Gasteiger partial charge on any atom is -0.444 e. The normalized spacial score (nSPS) is 15.1. The Morgan fingerprint density at radius 1 is 0.649 bits per heavy atom. The molecule has 18 nitrogen and oxygen atoms in total. The van der Waals surface area contributed by atoms with E-state index < -0.39 is 23.8 Å². The summed E-state index contributed by atoms with van der Waals surface area (Å²) in [7, 11) is 9.58. The van der Waals surface area contributed by atoms with Gasteiger partial charge in [-0.3, -0.25) is 0 Å². The summed E-state index contributed by atoms with van der Waals surface area (Å²) in [5.41, 5.74) is 1.33. The second-order valence-corrected chi connectivity index (χ2v) is 16.2. The summed E-state index contributed by atoms with van der Waals surface area (Å²) in [5, 5.41) is 9.31. The third-order valence-corrected chi connectivity index (χ3v) is 9.69. The largest absolute Gasteiger partial charge is 0.444 e. The Kier molecular flexibility index (Phi) is 18.6. The Labute approximate surface area is 351 Å². The van der Waals surface area contributed by atoms with Crippen LogP contribution in [0.1, 0.15) is 78.0 Å². The summed E-state index contributed by atoms with van der Waals surface area (Å²) in [5.74, 6) is 7.93. The standard InChI is InChI=1S/C21H34N4O5.C17H29IN4O5/c1-8-9-10-16-17(19(28-6)29-7)22-25(15-27-5)18(16)23-11-13-24(14-12-23)20(26)30-21(2,3)4;1-17(2,3)27-16(23)21-9-7-20(8-10-21)14-12(18)13(15(25-5)26-6)19-22(14)11-24-4/h19H,10-15H2,1-7H3;15H,7-11H2,1-6H3. The summed E-state index contributed by atoms with van der Waals surface area (Å²) in [4.78, 5) is 32.5. The highest BCUT2D eigenvalue weighted by atomic mass is 127. The van der Waals surface area contributed by atoms with Crippen LogP contribution in [0.5, 0.6) is 0 Å². The SMILES string of the molecule is CC#CCc1c(C(OC)OC)nn(COC)c1N1CCN(C(=O)OC(C)(C)C)CC1.COCn1nc(C(OC)OC)c(I)c1N1CCN(C(=O)OC(C)(C)C)CC1. The van der Waals surface area contributed by atoms with E-state index in [0.29, 0.717) is 76.9 Å². The van der Waals surface area contributed by atoms with Crippen molar-refractivity contribution < 1.29 is 47.5 Å². The van der Waals surface area contributed by atoms with Crippen LogP contribution in [0.3, 0.4) is 0 Å². The fourth-order valence-electron chi connectivity index (χ4n) is 6.22. The molecule has 0 bridgehead atoms. The average Bonchev–Trinajstić information content (AvgIpc) is 3.67. The highest BCUT2D eigenvalue weighted by molar-refractivity contribution is 14.1. The van der Waals surface area contributed by atoms with Gasteiger partial charge in [0, 0.05) is 107 Å². The Hall–Kier alpha value is -3.39. The molecule has 2 aliphatic heterocycles. The number of hydrogen-bond donors (Lipinski definition) is 0. The van der Waals surface area contributed by atoms with Crippen LogP contribution in [0.2, 0.25) is 0 Å². The monoisotopic (exact) mass is 918 g/mol. The molecule has 2 aromatic heterocycles. The maximum absolute atomic E-state index is 12.4.